The number of aliphatic carboxylic acids is 1. The number of aromatic amines is 1. The van der Waals surface area contributed by atoms with Gasteiger partial charge in [-0.3, -0.25) is 14.4 Å². The number of carbonyl (C=O) groups excluding carboxylic acids is 3. The first-order chi connectivity index (χ1) is 19.2. The highest BCUT2D eigenvalue weighted by Gasteiger charge is 2.38. The lowest BCUT2D eigenvalue weighted by atomic mass is 10.0. The number of aliphatic hydroxyl groups excluding tert-OH is 1. The van der Waals surface area contributed by atoms with Gasteiger partial charge in [0.15, 0.2) is 0 Å². The van der Waals surface area contributed by atoms with Crippen molar-refractivity contribution < 1.29 is 34.5 Å². The highest BCUT2D eigenvalue weighted by Crippen LogP contribution is 2.21. The first kappa shape index (κ1) is 28.6. The number of phenolic OH excluding ortho intramolecular Hbond substituents is 1. The smallest absolute Gasteiger partial charge is 0.326 e. The first-order valence-electron chi connectivity index (χ1n) is 13.0. The Morgan fingerprint density at radius 3 is 2.40 bits per heavy atom. The van der Waals surface area contributed by atoms with Crippen molar-refractivity contribution in [3.8, 4) is 5.75 Å². The topological polar surface area (TPSA) is 198 Å². The minimum absolute atomic E-state index is 0.000134. The minimum Gasteiger partial charge on any atom is -0.508 e. The molecule has 12 heteroatoms. The molecule has 0 spiro atoms. The zero-order chi connectivity index (χ0) is 28.8. The number of aliphatic hydroxyl groups is 1. The van der Waals surface area contributed by atoms with Crippen LogP contribution in [0.15, 0.2) is 54.7 Å². The van der Waals surface area contributed by atoms with Gasteiger partial charge in [0.25, 0.3) is 0 Å². The summed E-state index contributed by atoms with van der Waals surface area (Å²) in [6.45, 7) is -0.528. The van der Waals surface area contributed by atoms with E-state index in [1.807, 2.05) is 24.3 Å². The van der Waals surface area contributed by atoms with Gasteiger partial charge in [0.05, 0.1) is 12.6 Å². The monoisotopic (exact) mass is 551 g/mol. The molecule has 2 aromatic carbocycles. The summed E-state index contributed by atoms with van der Waals surface area (Å²) in [4.78, 5) is 55.4. The number of nitrogens with one attached hydrogen (secondary N) is 3. The number of carboxylic acid groups (broad SMARTS) is 1. The molecule has 12 nitrogen and oxygen atoms in total. The van der Waals surface area contributed by atoms with Crippen LogP contribution in [0.1, 0.15) is 24.0 Å². The largest absolute Gasteiger partial charge is 0.508 e. The molecule has 3 amide bonds. The van der Waals surface area contributed by atoms with Gasteiger partial charge in [-0.15, -0.1) is 0 Å². The molecule has 1 saturated heterocycles. The summed E-state index contributed by atoms with van der Waals surface area (Å²) < 4.78 is 0. The summed E-state index contributed by atoms with van der Waals surface area (Å²) in [5.41, 5.74) is 8.44. The molecule has 1 fully saturated rings. The van der Waals surface area contributed by atoms with Crippen LogP contribution in [0.5, 0.6) is 5.75 Å². The number of aromatic hydroxyl groups is 1. The fourth-order valence-corrected chi connectivity index (χ4v) is 4.93. The van der Waals surface area contributed by atoms with Gasteiger partial charge in [0, 0.05) is 30.1 Å². The van der Waals surface area contributed by atoms with Crippen molar-refractivity contribution in [1.29, 1.82) is 0 Å². The van der Waals surface area contributed by atoms with Crippen LogP contribution >= 0.6 is 0 Å². The number of rotatable bonds is 11. The Labute approximate surface area is 230 Å². The highest BCUT2D eigenvalue weighted by atomic mass is 16.4. The van der Waals surface area contributed by atoms with Crippen molar-refractivity contribution in [3.63, 3.8) is 0 Å². The van der Waals surface area contributed by atoms with Crippen LogP contribution in [0, 0.1) is 0 Å². The molecule has 4 unspecified atom stereocenters. The van der Waals surface area contributed by atoms with Crippen LogP contribution in [0.2, 0.25) is 0 Å². The maximum Gasteiger partial charge on any atom is 0.326 e. The fourth-order valence-electron chi connectivity index (χ4n) is 4.93. The number of phenols is 1. The Balaban J connectivity index is 1.45. The fraction of sp³-hybridized carbons (Fsp3) is 0.357. The third kappa shape index (κ3) is 6.58. The van der Waals surface area contributed by atoms with E-state index in [4.69, 9.17) is 5.73 Å². The number of nitrogens with zero attached hydrogens (tertiary/aromatic N) is 1. The summed E-state index contributed by atoms with van der Waals surface area (Å²) in [5, 5.41) is 35.0. The van der Waals surface area contributed by atoms with E-state index in [1.54, 1.807) is 18.3 Å². The second-order valence-electron chi connectivity index (χ2n) is 9.87. The molecule has 212 valence electrons. The number of hydrogen-bond acceptors (Lipinski definition) is 7. The Morgan fingerprint density at radius 1 is 1.00 bits per heavy atom. The molecule has 1 aliphatic rings. The molecular formula is C28H33N5O7. The van der Waals surface area contributed by atoms with Crippen LogP contribution in [0.4, 0.5) is 0 Å². The third-order valence-electron chi connectivity index (χ3n) is 7.08. The Morgan fingerprint density at radius 2 is 1.70 bits per heavy atom. The van der Waals surface area contributed by atoms with E-state index in [2.05, 4.69) is 15.6 Å². The number of carbonyl (C=O) groups is 4. The zero-order valence-corrected chi connectivity index (χ0v) is 21.7. The van der Waals surface area contributed by atoms with Crippen LogP contribution in [0.25, 0.3) is 10.9 Å². The van der Waals surface area contributed by atoms with Gasteiger partial charge in [-0.25, -0.2) is 4.79 Å². The second-order valence-corrected chi connectivity index (χ2v) is 9.87. The van der Waals surface area contributed by atoms with Crippen molar-refractivity contribution in [2.24, 2.45) is 5.73 Å². The number of nitrogens with two attached hydrogens (primary N) is 1. The van der Waals surface area contributed by atoms with E-state index < -0.39 is 54.5 Å². The normalized spacial score (nSPS) is 17.2. The molecule has 1 aliphatic heterocycles. The van der Waals surface area contributed by atoms with Crippen molar-refractivity contribution in [1.82, 2.24) is 20.5 Å². The molecule has 8 N–H and O–H groups in total. The average Bonchev–Trinajstić information content (AvgIpc) is 3.60. The van der Waals surface area contributed by atoms with Gasteiger partial charge in [-0.1, -0.05) is 30.3 Å². The number of amides is 3. The number of aromatic nitrogens is 1. The molecule has 3 aromatic rings. The Hall–Kier alpha value is -4.42. The third-order valence-corrected chi connectivity index (χ3v) is 7.08. The molecule has 4 atom stereocenters. The van der Waals surface area contributed by atoms with E-state index >= 15 is 0 Å². The van der Waals surface area contributed by atoms with Crippen molar-refractivity contribution in [2.45, 2.75) is 49.9 Å². The standard InChI is InChI=1S/C28H33N5O7/c29-20(13-17-14-30-21-5-2-1-4-19(17)21)25(36)32-23(15-34)26(37)31-22(12-16-7-9-18(35)10-8-16)27(38)33-11-3-6-24(33)28(39)40/h1-2,4-5,7-10,14,20,22-24,30,34-35H,3,6,11-13,15,29H2,(H,31,37)(H,32,36)(H,39,40). The van der Waals surface area contributed by atoms with Crippen molar-refractivity contribution >= 4 is 34.6 Å². The number of likely N-dealkylation sites (tertiary alicyclic amines) is 1. The molecule has 40 heavy (non-hydrogen) atoms. The minimum atomic E-state index is -1.40. The molecule has 0 aliphatic carbocycles. The predicted octanol–water partition coefficient (Wildman–Crippen LogP) is 0.0235. The van der Waals surface area contributed by atoms with Gasteiger partial charge < -0.3 is 41.6 Å². The summed E-state index contributed by atoms with van der Waals surface area (Å²) in [6.07, 6.45) is 2.75. The molecule has 0 radical (unpaired) electrons. The maximum absolute atomic E-state index is 13.4. The molecule has 1 aromatic heterocycles. The quantitative estimate of drug-likeness (QED) is 0.173. The van der Waals surface area contributed by atoms with Crippen molar-refractivity contribution in [2.75, 3.05) is 13.2 Å². The lowest BCUT2D eigenvalue weighted by Crippen LogP contribution is -2.58. The van der Waals surface area contributed by atoms with E-state index in [9.17, 15) is 34.5 Å². The average molecular weight is 552 g/mol. The number of carboxylic acids is 1. The van der Waals surface area contributed by atoms with Gasteiger partial charge in [-0.2, -0.15) is 0 Å². The predicted molar refractivity (Wildman–Crippen MR) is 145 cm³/mol. The van der Waals surface area contributed by atoms with Crippen LogP contribution in [-0.4, -0.2) is 86.2 Å². The summed E-state index contributed by atoms with van der Waals surface area (Å²) in [5.74, 6) is -3.19. The van der Waals surface area contributed by atoms with Crippen LogP contribution in [-0.2, 0) is 32.0 Å². The molecule has 0 bridgehead atoms. The number of H-pyrrole nitrogens is 1. The molecule has 2 heterocycles. The van der Waals surface area contributed by atoms with Gasteiger partial charge in [0.1, 0.15) is 23.9 Å². The number of hydrogen-bond donors (Lipinski definition) is 7. The van der Waals surface area contributed by atoms with Crippen LogP contribution in [0.3, 0.4) is 0 Å². The Bertz CT molecular complexity index is 1370. The van der Waals surface area contributed by atoms with Crippen molar-refractivity contribution in [3.05, 3.63) is 65.9 Å². The SMILES string of the molecule is NC(Cc1c[nH]c2ccccc12)C(=O)NC(CO)C(=O)NC(Cc1ccc(O)cc1)C(=O)N1CCCC1C(=O)O. The van der Waals surface area contributed by atoms with Gasteiger partial charge >= 0.3 is 5.97 Å². The lowest BCUT2D eigenvalue weighted by molar-refractivity contribution is -0.149. The van der Waals surface area contributed by atoms with E-state index in [1.165, 1.54) is 17.0 Å². The van der Waals surface area contributed by atoms with E-state index in [-0.39, 0.29) is 25.1 Å². The first-order valence-corrected chi connectivity index (χ1v) is 13.0. The molecule has 4 rings (SSSR count). The number of para-hydroxylation sites is 1. The summed E-state index contributed by atoms with van der Waals surface area (Å²) in [6, 6.07) is 8.96. The molecular weight excluding hydrogens is 518 g/mol. The summed E-state index contributed by atoms with van der Waals surface area (Å²) in [7, 11) is 0. The second kappa shape index (κ2) is 12.6. The summed E-state index contributed by atoms with van der Waals surface area (Å²) >= 11 is 0. The van der Waals surface area contributed by atoms with E-state index in [0.717, 1.165) is 16.5 Å². The number of fused-ring (bicyclic) bond motifs is 1. The zero-order valence-electron chi connectivity index (χ0n) is 21.7. The van der Waals surface area contributed by atoms with Gasteiger partial charge in [0.2, 0.25) is 17.7 Å². The van der Waals surface area contributed by atoms with Crippen LogP contribution < -0.4 is 16.4 Å². The molecule has 0 saturated carbocycles. The Kier molecular flexibility index (Phi) is 9.02. The lowest BCUT2D eigenvalue weighted by Gasteiger charge is -2.28. The number of benzene rings is 2. The maximum atomic E-state index is 13.4. The highest BCUT2D eigenvalue weighted by molar-refractivity contribution is 5.95. The van der Waals surface area contributed by atoms with Gasteiger partial charge in [-0.05, 0) is 48.6 Å². The van der Waals surface area contributed by atoms with E-state index in [0.29, 0.717) is 18.4 Å².